The molecule has 7 nitrogen and oxygen atoms in total. The normalized spacial score (nSPS) is 10.7. The van der Waals surface area contributed by atoms with Gasteiger partial charge in [0.2, 0.25) is 0 Å². The number of aryl methyl sites for hydroxylation is 3. The topological polar surface area (TPSA) is 85.8 Å². The Morgan fingerprint density at radius 2 is 2.22 bits per heavy atom. The average Bonchev–Trinajstić information content (AvgIpc) is 3.11. The first-order valence-electron chi connectivity index (χ1n) is 7.20. The summed E-state index contributed by atoms with van der Waals surface area (Å²) in [7, 11) is 1.85. The lowest BCUT2D eigenvalue weighted by Crippen LogP contribution is -2.24. The molecule has 0 aliphatic rings. The van der Waals surface area contributed by atoms with Crippen LogP contribution in [-0.4, -0.2) is 25.8 Å². The van der Waals surface area contributed by atoms with Crippen LogP contribution in [0.4, 0.5) is 0 Å². The van der Waals surface area contributed by atoms with Crippen molar-refractivity contribution in [2.24, 2.45) is 7.05 Å². The van der Waals surface area contributed by atoms with Crippen molar-refractivity contribution in [3.8, 4) is 11.3 Å². The summed E-state index contributed by atoms with van der Waals surface area (Å²) in [5, 5.41) is 10.9. The number of hydrogen-bond donors (Lipinski definition) is 1. The monoisotopic (exact) mass is 311 g/mol. The van der Waals surface area contributed by atoms with E-state index in [0.29, 0.717) is 23.6 Å². The molecule has 118 valence electrons. The van der Waals surface area contributed by atoms with E-state index in [4.69, 9.17) is 4.52 Å². The standard InChI is InChI=1S/C16H17N5O2/c1-10-14(11(2)23-20-10)16(22)18-7-12-5-4-6-17-15(12)13-8-19-21(3)9-13/h4-6,8-9H,7H2,1-3H3,(H,18,22). The Kier molecular flexibility index (Phi) is 3.92. The summed E-state index contributed by atoms with van der Waals surface area (Å²) in [6, 6.07) is 3.78. The van der Waals surface area contributed by atoms with Crippen molar-refractivity contribution in [2.45, 2.75) is 20.4 Å². The number of pyridine rings is 1. The molecule has 0 aliphatic heterocycles. The maximum absolute atomic E-state index is 12.3. The fourth-order valence-corrected chi connectivity index (χ4v) is 2.46. The van der Waals surface area contributed by atoms with Crippen LogP contribution in [0.3, 0.4) is 0 Å². The zero-order chi connectivity index (χ0) is 16.4. The van der Waals surface area contributed by atoms with Gasteiger partial charge in [0, 0.05) is 31.5 Å². The van der Waals surface area contributed by atoms with Crippen LogP contribution in [0.15, 0.2) is 35.2 Å². The Morgan fingerprint density at radius 3 is 2.87 bits per heavy atom. The van der Waals surface area contributed by atoms with Crippen molar-refractivity contribution in [1.82, 2.24) is 25.2 Å². The highest BCUT2D eigenvalue weighted by atomic mass is 16.5. The summed E-state index contributed by atoms with van der Waals surface area (Å²) < 4.78 is 6.75. The van der Waals surface area contributed by atoms with E-state index in [9.17, 15) is 4.79 Å². The van der Waals surface area contributed by atoms with Crippen molar-refractivity contribution in [3.05, 3.63) is 53.3 Å². The molecule has 0 aromatic carbocycles. The molecule has 0 fully saturated rings. The molecule has 0 radical (unpaired) electrons. The molecule has 23 heavy (non-hydrogen) atoms. The highest BCUT2D eigenvalue weighted by molar-refractivity contribution is 5.96. The van der Waals surface area contributed by atoms with Gasteiger partial charge in [-0.3, -0.25) is 14.5 Å². The zero-order valence-electron chi connectivity index (χ0n) is 13.2. The Hall–Kier alpha value is -2.96. The zero-order valence-corrected chi connectivity index (χ0v) is 13.2. The molecular formula is C16H17N5O2. The predicted molar refractivity (Wildman–Crippen MR) is 83.6 cm³/mol. The van der Waals surface area contributed by atoms with Crippen LogP contribution >= 0.6 is 0 Å². The Morgan fingerprint density at radius 1 is 1.39 bits per heavy atom. The van der Waals surface area contributed by atoms with Gasteiger partial charge in [-0.05, 0) is 25.5 Å². The van der Waals surface area contributed by atoms with Gasteiger partial charge < -0.3 is 9.84 Å². The van der Waals surface area contributed by atoms with Gasteiger partial charge in [-0.2, -0.15) is 5.10 Å². The minimum atomic E-state index is -0.206. The van der Waals surface area contributed by atoms with Gasteiger partial charge >= 0.3 is 0 Å². The van der Waals surface area contributed by atoms with Crippen molar-refractivity contribution in [3.63, 3.8) is 0 Å². The van der Waals surface area contributed by atoms with Gasteiger partial charge in [0.25, 0.3) is 5.91 Å². The lowest BCUT2D eigenvalue weighted by molar-refractivity contribution is 0.0949. The molecule has 3 rings (SSSR count). The first-order valence-corrected chi connectivity index (χ1v) is 7.20. The van der Waals surface area contributed by atoms with Gasteiger partial charge in [-0.25, -0.2) is 0 Å². The maximum atomic E-state index is 12.3. The minimum absolute atomic E-state index is 0.206. The van der Waals surface area contributed by atoms with E-state index >= 15 is 0 Å². The SMILES string of the molecule is Cc1noc(C)c1C(=O)NCc1cccnc1-c1cnn(C)c1. The summed E-state index contributed by atoms with van der Waals surface area (Å²) in [6.07, 6.45) is 5.37. The van der Waals surface area contributed by atoms with E-state index in [2.05, 4.69) is 20.6 Å². The lowest BCUT2D eigenvalue weighted by Gasteiger charge is -2.08. The first-order chi connectivity index (χ1) is 11.1. The van der Waals surface area contributed by atoms with Crippen LogP contribution in [0.25, 0.3) is 11.3 Å². The summed E-state index contributed by atoms with van der Waals surface area (Å²) in [6.45, 7) is 3.83. The van der Waals surface area contributed by atoms with E-state index in [-0.39, 0.29) is 5.91 Å². The third-order valence-electron chi connectivity index (χ3n) is 3.57. The third kappa shape index (κ3) is 2.98. The van der Waals surface area contributed by atoms with Gasteiger partial charge in [0.05, 0.1) is 17.6 Å². The average molecular weight is 311 g/mol. The molecule has 0 aliphatic carbocycles. The number of carbonyl (C=O) groups excluding carboxylic acids is 1. The summed E-state index contributed by atoms with van der Waals surface area (Å²) in [5.41, 5.74) is 3.70. The molecule has 3 heterocycles. The fourth-order valence-electron chi connectivity index (χ4n) is 2.46. The van der Waals surface area contributed by atoms with Crippen molar-refractivity contribution >= 4 is 5.91 Å². The van der Waals surface area contributed by atoms with Gasteiger partial charge in [-0.15, -0.1) is 0 Å². The second-order valence-electron chi connectivity index (χ2n) is 5.30. The summed E-state index contributed by atoms with van der Waals surface area (Å²) in [4.78, 5) is 16.7. The van der Waals surface area contributed by atoms with Crippen LogP contribution in [0.2, 0.25) is 0 Å². The molecule has 1 N–H and O–H groups in total. The number of carbonyl (C=O) groups is 1. The minimum Gasteiger partial charge on any atom is -0.361 e. The maximum Gasteiger partial charge on any atom is 0.257 e. The Bertz CT molecular complexity index is 830. The van der Waals surface area contributed by atoms with Crippen molar-refractivity contribution < 1.29 is 9.32 Å². The van der Waals surface area contributed by atoms with Crippen LogP contribution < -0.4 is 5.32 Å². The van der Waals surface area contributed by atoms with Crippen LogP contribution in [0.5, 0.6) is 0 Å². The van der Waals surface area contributed by atoms with E-state index < -0.39 is 0 Å². The number of amides is 1. The van der Waals surface area contributed by atoms with Crippen LogP contribution in [-0.2, 0) is 13.6 Å². The molecular weight excluding hydrogens is 294 g/mol. The van der Waals surface area contributed by atoms with Gasteiger partial charge in [-0.1, -0.05) is 11.2 Å². The van der Waals surface area contributed by atoms with E-state index in [1.165, 1.54) is 0 Å². The lowest BCUT2D eigenvalue weighted by atomic mass is 10.1. The second-order valence-corrected chi connectivity index (χ2v) is 5.30. The smallest absolute Gasteiger partial charge is 0.257 e. The van der Waals surface area contributed by atoms with E-state index in [0.717, 1.165) is 16.8 Å². The number of hydrogen-bond acceptors (Lipinski definition) is 5. The van der Waals surface area contributed by atoms with Crippen LogP contribution in [0, 0.1) is 13.8 Å². The number of rotatable bonds is 4. The molecule has 0 bridgehead atoms. The number of aromatic nitrogens is 4. The van der Waals surface area contributed by atoms with Gasteiger partial charge in [0.15, 0.2) is 0 Å². The molecule has 3 aromatic rings. The first kappa shape index (κ1) is 15.0. The number of nitrogens with one attached hydrogen (secondary N) is 1. The molecule has 0 unspecified atom stereocenters. The third-order valence-corrected chi connectivity index (χ3v) is 3.57. The predicted octanol–water partition coefficient (Wildman–Crippen LogP) is 2.02. The molecule has 3 aromatic heterocycles. The molecule has 0 atom stereocenters. The molecule has 0 saturated carbocycles. The fraction of sp³-hybridized carbons (Fsp3) is 0.250. The van der Waals surface area contributed by atoms with E-state index in [1.54, 1.807) is 30.9 Å². The molecule has 0 spiro atoms. The van der Waals surface area contributed by atoms with Crippen LogP contribution in [0.1, 0.15) is 27.4 Å². The Labute approximate surface area is 133 Å². The molecule has 1 amide bonds. The molecule has 0 saturated heterocycles. The van der Waals surface area contributed by atoms with E-state index in [1.807, 2.05) is 25.4 Å². The molecule has 7 heteroatoms. The highest BCUT2D eigenvalue weighted by Crippen LogP contribution is 2.20. The summed E-state index contributed by atoms with van der Waals surface area (Å²) >= 11 is 0. The largest absolute Gasteiger partial charge is 0.361 e. The number of nitrogens with zero attached hydrogens (tertiary/aromatic N) is 4. The second kappa shape index (κ2) is 6.04. The van der Waals surface area contributed by atoms with Crippen molar-refractivity contribution in [2.75, 3.05) is 0 Å². The Balaban J connectivity index is 1.80. The van der Waals surface area contributed by atoms with Crippen molar-refractivity contribution in [1.29, 1.82) is 0 Å². The highest BCUT2D eigenvalue weighted by Gasteiger charge is 2.17. The van der Waals surface area contributed by atoms with Gasteiger partial charge in [0.1, 0.15) is 11.3 Å². The summed E-state index contributed by atoms with van der Waals surface area (Å²) in [5.74, 6) is 0.306. The quantitative estimate of drug-likeness (QED) is 0.796.